The van der Waals surface area contributed by atoms with Crippen molar-refractivity contribution < 1.29 is 9.53 Å². The summed E-state index contributed by atoms with van der Waals surface area (Å²) in [6.07, 6.45) is 2.93. The van der Waals surface area contributed by atoms with Crippen LogP contribution in [0.25, 0.3) is 0 Å². The van der Waals surface area contributed by atoms with Crippen LogP contribution in [0.3, 0.4) is 0 Å². The Morgan fingerprint density at radius 3 is 2.44 bits per heavy atom. The van der Waals surface area contributed by atoms with Gasteiger partial charge in [-0.1, -0.05) is 55.5 Å². The van der Waals surface area contributed by atoms with E-state index in [4.69, 9.17) is 4.74 Å². The molecule has 0 bridgehead atoms. The first kappa shape index (κ1) is 19.4. The first-order valence-corrected chi connectivity index (χ1v) is 9.87. The Bertz CT molecular complexity index is 726. The van der Waals surface area contributed by atoms with E-state index in [0.717, 1.165) is 24.4 Å². The zero-order valence-corrected chi connectivity index (χ0v) is 16.4. The fourth-order valence-electron chi connectivity index (χ4n) is 3.89. The summed E-state index contributed by atoms with van der Waals surface area (Å²) in [6, 6.07) is 18.5. The molecule has 0 aromatic heterocycles. The highest BCUT2D eigenvalue weighted by Crippen LogP contribution is 2.31. The minimum absolute atomic E-state index is 0.102. The van der Waals surface area contributed by atoms with E-state index in [1.54, 1.807) is 7.11 Å². The van der Waals surface area contributed by atoms with Gasteiger partial charge in [0.25, 0.3) is 0 Å². The van der Waals surface area contributed by atoms with Crippen molar-refractivity contribution in [3.8, 4) is 5.75 Å². The van der Waals surface area contributed by atoms with Gasteiger partial charge < -0.3 is 10.1 Å². The van der Waals surface area contributed by atoms with Crippen LogP contribution in [-0.2, 0) is 4.79 Å². The van der Waals surface area contributed by atoms with Crippen molar-refractivity contribution >= 4 is 5.91 Å². The lowest BCUT2D eigenvalue weighted by atomic mass is 9.97. The van der Waals surface area contributed by atoms with E-state index in [0.29, 0.717) is 13.0 Å². The van der Waals surface area contributed by atoms with E-state index in [2.05, 4.69) is 35.3 Å². The largest absolute Gasteiger partial charge is 0.496 e. The number of likely N-dealkylation sites (tertiary alicyclic amines) is 1. The molecular formula is C23H30N2O2. The molecule has 1 aliphatic heterocycles. The summed E-state index contributed by atoms with van der Waals surface area (Å²) in [5.74, 6) is 1.20. The van der Waals surface area contributed by atoms with Gasteiger partial charge in [-0.3, -0.25) is 9.69 Å². The molecule has 1 N–H and O–H groups in total. The SMILES string of the molecule is COc1ccccc1C(CNC(=O)CC(C)c1ccccc1)N1CCCC1. The summed E-state index contributed by atoms with van der Waals surface area (Å²) >= 11 is 0. The third-order valence-corrected chi connectivity index (χ3v) is 5.43. The van der Waals surface area contributed by atoms with Crippen LogP contribution in [0.5, 0.6) is 5.75 Å². The van der Waals surface area contributed by atoms with Crippen molar-refractivity contribution in [3.05, 3.63) is 65.7 Å². The molecule has 1 heterocycles. The standard InChI is InChI=1S/C23H30N2O2/c1-18(19-10-4-3-5-11-19)16-23(26)24-17-21(25-14-8-9-15-25)20-12-6-7-13-22(20)27-2/h3-7,10-13,18,21H,8-9,14-17H2,1-2H3,(H,24,26). The van der Waals surface area contributed by atoms with Gasteiger partial charge in [-0.05, 0) is 43.5 Å². The Balaban J connectivity index is 1.65. The van der Waals surface area contributed by atoms with Crippen LogP contribution in [0.4, 0.5) is 0 Å². The molecular weight excluding hydrogens is 336 g/mol. The summed E-state index contributed by atoms with van der Waals surface area (Å²) in [5, 5.41) is 3.17. The van der Waals surface area contributed by atoms with E-state index >= 15 is 0 Å². The number of benzene rings is 2. The van der Waals surface area contributed by atoms with Crippen LogP contribution in [-0.4, -0.2) is 37.6 Å². The molecule has 0 radical (unpaired) electrons. The van der Waals surface area contributed by atoms with Crippen LogP contribution in [0, 0.1) is 0 Å². The highest BCUT2D eigenvalue weighted by Gasteiger charge is 2.26. The molecule has 2 atom stereocenters. The third kappa shape index (κ3) is 5.10. The number of rotatable bonds is 8. The molecule has 2 aromatic rings. The number of ether oxygens (including phenoxy) is 1. The molecule has 27 heavy (non-hydrogen) atoms. The maximum atomic E-state index is 12.6. The number of amides is 1. The van der Waals surface area contributed by atoms with Crippen LogP contribution < -0.4 is 10.1 Å². The van der Waals surface area contributed by atoms with Crippen molar-refractivity contribution in [1.82, 2.24) is 10.2 Å². The summed E-state index contributed by atoms with van der Waals surface area (Å²) < 4.78 is 5.58. The number of hydrogen-bond donors (Lipinski definition) is 1. The minimum Gasteiger partial charge on any atom is -0.496 e. The molecule has 2 unspecified atom stereocenters. The van der Waals surface area contributed by atoms with E-state index in [1.165, 1.54) is 18.4 Å². The molecule has 3 rings (SSSR count). The van der Waals surface area contributed by atoms with Gasteiger partial charge in [-0.2, -0.15) is 0 Å². The molecule has 1 aliphatic rings. The second kappa shape index (κ2) is 9.56. The Hall–Kier alpha value is -2.33. The predicted octanol–water partition coefficient (Wildman–Crippen LogP) is 4.14. The summed E-state index contributed by atoms with van der Waals surface area (Å²) in [4.78, 5) is 15.0. The van der Waals surface area contributed by atoms with Gasteiger partial charge in [0.05, 0.1) is 13.2 Å². The quantitative estimate of drug-likeness (QED) is 0.763. The van der Waals surface area contributed by atoms with Gasteiger partial charge >= 0.3 is 0 Å². The second-order valence-electron chi connectivity index (χ2n) is 7.32. The summed E-state index contributed by atoms with van der Waals surface area (Å²) in [7, 11) is 1.71. The number of nitrogens with one attached hydrogen (secondary N) is 1. The maximum absolute atomic E-state index is 12.6. The highest BCUT2D eigenvalue weighted by molar-refractivity contribution is 5.76. The van der Waals surface area contributed by atoms with Crippen LogP contribution in [0.15, 0.2) is 54.6 Å². The zero-order valence-electron chi connectivity index (χ0n) is 16.4. The van der Waals surface area contributed by atoms with Crippen LogP contribution >= 0.6 is 0 Å². The smallest absolute Gasteiger partial charge is 0.220 e. The molecule has 0 spiro atoms. The van der Waals surface area contributed by atoms with Gasteiger partial charge in [0.1, 0.15) is 5.75 Å². The maximum Gasteiger partial charge on any atom is 0.220 e. The van der Waals surface area contributed by atoms with Crippen LogP contribution in [0.2, 0.25) is 0 Å². The Labute approximate surface area is 162 Å². The highest BCUT2D eigenvalue weighted by atomic mass is 16.5. The summed E-state index contributed by atoms with van der Waals surface area (Å²) in [6.45, 7) is 4.85. The van der Waals surface area contributed by atoms with Crippen LogP contribution in [0.1, 0.15) is 49.3 Å². The molecule has 1 saturated heterocycles. The molecule has 144 valence electrons. The molecule has 1 fully saturated rings. The monoisotopic (exact) mass is 366 g/mol. The molecule has 2 aromatic carbocycles. The Morgan fingerprint density at radius 1 is 1.07 bits per heavy atom. The molecule has 0 aliphatic carbocycles. The average molecular weight is 367 g/mol. The average Bonchev–Trinajstić information content (AvgIpc) is 3.23. The van der Waals surface area contributed by atoms with Gasteiger partial charge in [-0.15, -0.1) is 0 Å². The Morgan fingerprint density at radius 2 is 1.74 bits per heavy atom. The minimum atomic E-state index is 0.102. The lowest BCUT2D eigenvalue weighted by molar-refractivity contribution is -0.121. The fraction of sp³-hybridized carbons (Fsp3) is 0.435. The van der Waals surface area contributed by atoms with Gasteiger partial charge in [0, 0.05) is 18.5 Å². The number of nitrogens with zero attached hydrogens (tertiary/aromatic N) is 1. The number of carbonyl (C=O) groups excluding carboxylic acids is 1. The molecule has 0 saturated carbocycles. The third-order valence-electron chi connectivity index (χ3n) is 5.43. The van der Waals surface area contributed by atoms with Crippen molar-refractivity contribution in [2.75, 3.05) is 26.7 Å². The first-order chi connectivity index (χ1) is 13.2. The van der Waals surface area contributed by atoms with Gasteiger partial charge in [0.15, 0.2) is 0 Å². The first-order valence-electron chi connectivity index (χ1n) is 9.87. The van der Waals surface area contributed by atoms with E-state index in [1.807, 2.05) is 36.4 Å². The van der Waals surface area contributed by atoms with E-state index < -0.39 is 0 Å². The van der Waals surface area contributed by atoms with Crippen molar-refractivity contribution in [3.63, 3.8) is 0 Å². The predicted molar refractivity (Wildman–Crippen MR) is 109 cm³/mol. The molecule has 1 amide bonds. The number of para-hydroxylation sites is 1. The van der Waals surface area contributed by atoms with Crippen molar-refractivity contribution in [2.45, 2.75) is 38.1 Å². The number of methoxy groups -OCH3 is 1. The molecule has 4 heteroatoms. The van der Waals surface area contributed by atoms with Gasteiger partial charge in [0.2, 0.25) is 5.91 Å². The lowest BCUT2D eigenvalue weighted by Gasteiger charge is -2.29. The Kier molecular flexibility index (Phi) is 6.88. The topological polar surface area (TPSA) is 41.6 Å². The number of hydrogen-bond acceptors (Lipinski definition) is 3. The normalized spacial score (nSPS) is 16.7. The van der Waals surface area contributed by atoms with Crippen molar-refractivity contribution in [1.29, 1.82) is 0 Å². The van der Waals surface area contributed by atoms with E-state index in [9.17, 15) is 4.79 Å². The lowest BCUT2D eigenvalue weighted by Crippen LogP contribution is -2.37. The van der Waals surface area contributed by atoms with E-state index in [-0.39, 0.29) is 17.9 Å². The zero-order chi connectivity index (χ0) is 19.1. The summed E-state index contributed by atoms with van der Waals surface area (Å²) in [5.41, 5.74) is 2.35. The second-order valence-corrected chi connectivity index (χ2v) is 7.32. The number of carbonyl (C=O) groups is 1. The van der Waals surface area contributed by atoms with Gasteiger partial charge in [-0.25, -0.2) is 0 Å². The molecule has 4 nitrogen and oxygen atoms in total. The van der Waals surface area contributed by atoms with Crippen molar-refractivity contribution in [2.24, 2.45) is 0 Å². The fourth-order valence-corrected chi connectivity index (χ4v) is 3.89.